The molecule has 0 saturated carbocycles. The van der Waals surface area contributed by atoms with E-state index in [4.69, 9.17) is 0 Å². The van der Waals surface area contributed by atoms with Crippen molar-refractivity contribution in [2.24, 2.45) is 3.77 Å². The van der Waals surface area contributed by atoms with Gasteiger partial charge in [-0.25, -0.2) is 12.6 Å². The Labute approximate surface area is 103 Å². The number of hydrogen-bond donors (Lipinski definition) is 1. The lowest BCUT2D eigenvalue weighted by Crippen LogP contribution is -2.40. The molecule has 1 N–H and O–H groups in total. The molecule has 0 aromatic carbocycles. The van der Waals surface area contributed by atoms with Crippen LogP contribution in [0.4, 0.5) is 26.3 Å². The second-order valence-electron chi connectivity index (χ2n) is 2.83. The van der Waals surface area contributed by atoms with E-state index in [0.717, 1.165) is 0 Å². The first-order valence-electron chi connectivity index (χ1n) is 3.56. The molecule has 0 aromatic heterocycles. The van der Waals surface area contributed by atoms with E-state index in [1.807, 2.05) is 0 Å². The molecule has 0 rings (SSSR count). The minimum Gasteiger partial charge on any atom is -0.232 e. The normalized spacial score (nSPS) is 17.8. The molecule has 0 fully saturated rings. The van der Waals surface area contributed by atoms with Crippen LogP contribution in [-0.2, 0) is 30.0 Å². The first kappa shape index (κ1) is 18.4. The molecule has 0 saturated heterocycles. The molecule has 0 aromatic rings. The Bertz CT molecular complexity index is 662. The number of sulfonamides is 2. The summed E-state index contributed by atoms with van der Waals surface area (Å²) in [6.07, 6.45) is -0.0560. The van der Waals surface area contributed by atoms with Crippen LogP contribution in [0.2, 0.25) is 0 Å². The summed E-state index contributed by atoms with van der Waals surface area (Å²) < 4.78 is 126. The average molecular weight is 358 g/mol. The predicted molar refractivity (Wildman–Crippen MR) is 49.6 cm³/mol. The lowest BCUT2D eigenvalue weighted by atomic mass is 11.6. The van der Waals surface area contributed by atoms with E-state index < -0.39 is 41.0 Å². The molecule has 0 amide bonds. The third kappa shape index (κ3) is 4.77. The number of nitrogens with zero attached hydrogens (tertiary/aromatic N) is 1. The maximum Gasteiger partial charge on any atom is 0.519 e. The van der Waals surface area contributed by atoms with Crippen molar-refractivity contribution in [1.29, 1.82) is 0 Å². The molecule has 1 unspecified atom stereocenters. The number of halogens is 6. The fourth-order valence-corrected chi connectivity index (χ4v) is 4.73. The van der Waals surface area contributed by atoms with E-state index >= 15 is 0 Å². The van der Waals surface area contributed by atoms with E-state index in [1.54, 1.807) is 3.77 Å². The SMILES string of the molecule is CS(=O)(=NS(=O)(=O)C(F)(F)F)NS(=O)(=O)C(F)(F)F. The van der Waals surface area contributed by atoms with Gasteiger partial charge < -0.3 is 0 Å². The lowest BCUT2D eigenvalue weighted by Gasteiger charge is -2.11. The molecule has 0 bridgehead atoms. The molecule has 0 aliphatic carbocycles. The van der Waals surface area contributed by atoms with Gasteiger partial charge in [0.15, 0.2) is 0 Å². The number of rotatable bonds is 3. The van der Waals surface area contributed by atoms with Crippen molar-refractivity contribution in [3.05, 3.63) is 0 Å². The van der Waals surface area contributed by atoms with Gasteiger partial charge in [0.05, 0.1) is 0 Å². The second kappa shape index (κ2) is 4.74. The van der Waals surface area contributed by atoms with Crippen molar-refractivity contribution in [2.45, 2.75) is 11.0 Å². The zero-order chi connectivity index (χ0) is 15.9. The summed E-state index contributed by atoms with van der Waals surface area (Å²) in [5.74, 6) is 0. The van der Waals surface area contributed by atoms with E-state index in [9.17, 15) is 47.4 Å². The Morgan fingerprint density at radius 3 is 1.47 bits per heavy atom. The number of alkyl halides is 6. The Hall–Kier alpha value is -0.610. The van der Waals surface area contributed by atoms with Gasteiger partial charge >= 0.3 is 31.1 Å². The second-order valence-corrected chi connectivity index (χ2v) is 8.58. The van der Waals surface area contributed by atoms with E-state index in [-0.39, 0.29) is 10.4 Å². The molecular formula is C3H4F6N2O5S3. The standard InChI is InChI=1S/C3H4F6N2O5S3/c1-17(12,10-18(13,14)2(4,5)6)11-19(15,16)3(7,8)9/h1H3,(H,10,11,12). The molecule has 0 aliphatic rings. The van der Waals surface area contributed by atoms with Crippen LogP contribution in [0.3, 0.4) is 0 Å². The Kier molecular flexibility index (Phi) is 4.59. The fraction of sp³-hybridized carbons (Fsp3) is 1.00. The summed E-state index contributed by atoms with van der Waals surface area (Å²) in [7, 11) is -17.8. The van der Waals surface area contributed by atoms with Crippen LogP contribution in [0.1, 0.15) is 0 Å². The van der Waals surface area contributed by atoms with Crippen molar-refractivity contribution in [3.63, 3.8) is 0 Å². The predicted octanol–water partition coefficient (Wildman–Crippen LogP) is 0.288. The van der Waals surface area contributed by atoms with Crippen molar-refractivity contribution in [1.82, 2.24) is 4.13 Å². The highest BCUT2D eigenvalue weighted by molar-refractivity contribution is 8.09. The van der Waals surface area contributed by atoms with Crippen LogP contribution in [0.15, 0.2) is 3.77 Å². The van der Waals surface area contributed by atoms with Gasteiger partial charge in [0.1, 0.15) is 9.92 Å². The molecule has 16 heteroatoms. The highest BCUT2D eigenvalue weighted by Crippen LogP contribution is 2.26. The van der Waals surface area contributed by atoms with Crippen LogP contribution in [0, 0.1) is 0 Å². The summed E-state index contributed by atoms with van der Waals surface area (Å²) in [6.45, 7) is 0. The van der Waals surface area contributed by atoms with Gasteiger partial charge in [-0.05, 0) is 0 Å². The van der Waals surface area contributed by atoms with Crippen molar-refractivity contribution < 1.29 is 47.4 Å². The topological polar surface area (TPSA) is 110 Å². The molecule has 0 radical (unpaired) electrons. The van der Waals surface area contributed by atoms with E-state index in [2.05, 4.69) is 0 Å². The minimum atomic E-state index is -6.42. The minimum absolute atomic E-state index is 0.0560. The van der Waals surface area contributed by atoms with Crippen LogP contribution < -0.4 is 4.13 Å². The summed E-state index contributed by atoms with van der Waals surface area (Å²) in [6, 6.07) is 0. The Morgan fingerprint density at radius 1 is 0.842 bits per heavy atom. The van der Waals surface area contributed by atoms with Crippen LogP contribution in [-0.4, -0.2) is 38.3 Å². The zero-order valence-electron chi connectivity index (χ0n) is 8.48. The van der Waals surface area contributed by atoms with Gasteiger partial charge in [-0.15, -0.1) is 4.13 Å². The maximum absolute atomic E-state index is 11.8. The molecule has 1 atom stereocenters. The Balaban J connectivity index is 5.79. The average Bonchev–Trinajstić information content (AvgIpc) is 1.93. The van der Waals surface area contributed by atoms with Gasteiger partial charge in [0, 0.05) is 6.26 Å². The zero-order valence-corrected chi connectivity index (χ0v) is 10.9. The highest BCUT2D eigenvalue weighted by Gasteiger charge is 2.50. The quantitative estimate of drug-likeness (QED) is 0.729. The van der Waals surface area contributed by atoms with Gasteiger partial charge in [-0.2, -0.15) is 34.8 Å². The van der Waals surface area contributed by atoms with Gasteiger partial charge in [0.2, 0.25) is 0 Å². The molecule has 0 aliphatic heterocycles. The summed E-state index contributed by atoms with van der Waals surface area (Å²) >= 11 is 0. The lowest BCUT2D eigenvalue weighted by molar-refractivity contribution is -0.0442. The first-order chi connectivity index (χ1) is 7.91. The molecule has 116 valence electrons. The largest absolute Gasteiger partial charge is 0.519 e. The molecule has 7 nitrogen and oxygen atoms in total. The van der Waals surface area contributed by atoms with Gasteiger partial charge in [-0.1, -0.05) is 3.77 Å². The molecular weight excluding hydrogens is 354 g/mol. The third-order valence-electron chi connectivity index (χ3n) is 1.10. The van der Waals surface area contributed by atoms with Gasteiger partial charge in [0.25, 0.3) is 0 Å². The Morgan fingerprint density at radius 2 is 1.21 bits per heavy atom. The van der Waals surface area contributed by atoms with Crippen LogP contribution in [0.5, 0.6) is 0 Å². The fourth-order valence-electron chi connectivity index (χ4n) is 0.496. The third-order valence-corrected chi connectivity index (χ3v) is 6.33. The molecule has 0 heterocycles. The van der Waals surface area contributed by atoms with Crippen LogP contribution in [0.25, 0.3) is 0 Å². The van der Waals surface area contributed by atoms with E-state index in [1.165, 1.54) is 0 Å². The van der Waals surface area contributed by atoms with E-state index in [0.29, 0.717) is 0 Å². The number of nitrogens with one attached hydrogen (secondary N) is 1. The maximum atomic E-state index is 11.8. The highest BCUT2D eigenvalue weighted by atomic mass is 32.3. The van der Waals surface area contributed by atoms with Crippen molar-refractivity contribution >= 4 is 30.0 Å². The summed E-state index contributed by atoms with van der Waals surface area (Å²) in [5, 5.41) is 0. The number of hydrogen-bond acceptors (Lipinski definition) is 5. The van der Waals surface area contributed by atoms with Crippen molar-refractivity contribution in [2.75, 3.05) is 6.26 Å². The monoisotopic (exact) mass is 358 g/mol. The first-order valence-corrected chi connectivity index (χ1v) is 8.40. The smallest absolute Gasteiger partial charge is 0.232 e. The molecule has 19 heavy (non-hydrogen) atoms. The van der Waals surface area contributed by atoms with Crippen molar-refractivity contribution in [3.8, 4) is 0 Å². The van der Waals surface area contributed by atoms with Gasteiger partial charge in [-0.3, -0.25) is 0 Å². The van der Waals surface area contributed by atoms with Crippen LogP contribution >= 0.6 is 0 Å². The molecule has 0 spiro atoms. The summed E-state index contributed by atoms with van der Waals surface area (Å²) in [4.78, 5) is 0. The summed E-state index contributed by atoms with van der Waals surface area (Å²) in [5.41, 5.74) is -12.0.